The molecule has 3 rings (SSSR count). The van der Waals surface area contributed by atoms with E-state index in [1.807, 2.05) is 30.3 Å². The van der Waals surface area contributed by atoms with Crippen molar-refractivity contribution in [3.63, 3.8) is 0 Å². The molecule has 0 amide bonds. The Kier molecular flexibility index (Phi) is 6.80. The van der Waals surface area contributed by atoms with Crippen LogP contribution in [0.1, 0.15) is 37.1 Å². The molecule has 0 bridgehead atoms. The Balaban J connectivity index is 1.43. The van der Waals surface area contributed by atoms with Crippen LogP contribution in [0.25, 0.3) is 11.3 Å². The normalized spacial score (nSPS) is 10.7. The van der Waals surface area contributed by atoms with Crippen molar-refractivity contribution in [3.05, 3.63) is 72.2 Å². The lowest BCUT2D eigenvalue weighted by molar-refractivity contribution is -0.118. The molecule has 4 heteroatoms. The standard InChI is InChI=1S/C23H25NO3/c1-26-21-15-9-8-14-20(21)22-17-24-23(27-22)16-19(25)13-7-3-6-12-18-10-4-2-5-11-18/h2,4-5,8-11,14-15,17H,3,6-7,12-13,16H2,1H3. The first-order chi connectivity index (χ1) is 13.3. The molecule has 0 radical (unpaired) electrons. The Morgan fingerprint density at radius 1 is 1.00 bits per heavy atom. The number of hydrogen-bond acceptors (Lipinski definition) is 4. The number of para-hydroxylation sites is 1. The van der Waals surface area contributed by atoms with Crippen LogP contribution in [-0.2, 0) is 17.6 Å². The molecule has 1 heterocycles. The number of methoxy groups -OCH3 is 1. The Morgan fingerprint density at radius 2 is 1.78 bits per heavy atom. The maximum absolute atomic E-state index is 12.2. The summed E-state index contributed by atoms with van der Waals surface area (Å²) in [7, 11) is 1.62. The number of carbonyl (C=O) groups excluding carboxylic acids is 1. The summed E-state index contributed by atoms with van der Waals surface area (Å²) < 4.78 is 11.1. The number of aryl methyl sites for hydroxylation is 1. The summed E-state index contributed by atoms with van der Waals surface area (Å²) in [5, 5.41) is 0. The van der Waals surface area contributed by atoms with Crippen molar-refractivity contribution >= 4 is 5.78 Å². The van der Waals surface area contributed by atoms with Crippen LogP contribution in [-0.4, -0.2) is 17.9 Å². The molecule has 0 unspecified atom stereocenters. The maximum atomic E-state index is 12.2. The van der Waals surface area contributed by atoms with E-state index in [1.54, 1.807) is 13.3 Å². The van der Waals surface area contributed by atoms with Gasteiger partial charge in [-0.25, -0.2) is 4.98 Å². The minimum absolute atomic E-state index is 0.170. The summed E-state index contributed by atoms with van der Waals surface area (Å²) in [6, 6.07) is 18.1. The lowest BCUT2D eigenvalue weighted by Crippen LogP contribution is -2.02. The van der Waals surface area contributed by atoms with Gasteiger partial charge in [0, 0.05) is 6.42 Å². The van der Waals surface area contributed by atoms with Crippen LogP contribution in [0.4, 0.5) is 0 Å². The molecule has 0 N–H and O–H groups in total. The second-order valence-electron chi connectivity index (χ2n) is 6.58. The van der Waals surface area contributed by atoms with E-state index in [0.717, 1.165) is 37.0 Å². The summed E-state index contributed by atoms with van der Waals surface area (Å²) in [4.78, 5) is 16.4. The minimum atomic E-state index is 0.170. The fourth-order valence-corrected chi connectivity index (χ4v) is 3.09. The first-order valence-corrected chi connectivity index (χ1v) is 9.40. The molecule has 0 aliphatic rings. The molecule has 0 saturated heterocycles. The molecule has 140 valence electrons. The van der Waals surface area contributed by atoms with Crippen LogP contribution in [0.15, 0.2) is 65.2 Å². The smallest absolute Gasteiger partial charge is 0.202 e. The van der Waals surface area contributed by atoms with Crippen molar-refractivity contribution in [2.45, 2.75) is 38.5 Å². The highest BCUT2D eigenvalue weighted by Gasteiger charge is 2.13. The fraction of sp³-hybridized carbons (Fsp3) is 0.304. The molecule has 0 aliphatic carbocycles. The second kappa shape index (κ2) is 9.72. The lowest BCUT2D eigenvalue weighted by Gasteiger charge is -2.04. The first-order valence-electron chi connectivity index (χ1n) is 9.40. The molecule has 1 aromatic heterocycles. The van der Waals surface area contributed by atoms with Crippen molar-refractivity contribution in [1.82, 2.24) is 4.98 Å². The van der Waals surface area contributed by atoms with Gasteiger partial charge in [0.15, 0.2) is 5.76 Å². The fourth-order valence-electron chi connectivity index (χ4n) is 3.09. The van der Waals surface area contributed by atoms with Crippen LogP contribution in [0.3, 0.4) is 0 Å². The lowest BCUT2D eigenvalue weighted by atomic mass is 10.0. The van der Waals surface area contributed by atoms with Crippen LogP contribution in [0.2, 0.25) is 0 Å². The van der Waals surface area contributed by atoms with Gasteiger partial charge in [-0.15, -0.1) is 0 Å². The number of oxazole rings is 1. The van der Waals surface area contributed by atoms with Crippen LogP contribution < -0.4 is 4.74 Å². The molecule has 0 aliphatic heterocycles. The highest BCUT2D eigenvalue weighted by molar-refractivity contribution is 5.80. The van der Waals surface area contributed by atoms with Gasteiger partial charge < -0.3 is 9.15 Å². The molecule has 27 heavy (non-hydrogen) atoms. The maximum Gasteiger partial charge on any atom is 0.202 e. The molecular formula is C23H25NO3. The Morgan fingerprint density at radius 3 is 2.59 bits per heavy atom. The summed E-state index contributed by atoms with van der Waals surface area (Å²) in [5.41, 5.74) is 2.19. The molecule has 0 spiro atoms. The van der Waals surface area contributed by atoms with Crippen LogP contribution in [0, 0.1) is 0 Å². The van der Waals surface area contributed by atoms with Crippen molar-refractivity contribution in [1.29, 1.82) is 0 Å². The number of Topliss-reactive ketones (excluding diaryl/α,β-unsaturated/α-hetero) is 1. The van der Waals surface area contributed by atoms with E-state index in [4.69, 9.17) is 9.15 Å². The number of carbonyl (C=O) groups is 1. The Hall–Kier alpha value is -2.88. The van der Waals surface area contributed by atoms with Gasteiger partial charge in [-0.3, -0.25) is 4.79 Å². The monoisotopic (exact) mass is 363 g/mol. The molecule has 4 nitrogen and oxygen atoms in total. The highest BCUT2D eigenvalue weighted by Crippen LogP contribution is 2.30. The van der Waals surface area contributed by atoms with E-state index in [0.29, 0.717) is 18.1 Å². The van der Waals surface area contributed by atoms with Crippen LogP contribution in [0.5, 0.6) is 5.75 Å². The van der Waals surface area contributed by atoms with Gasteiger partial charge in [-0.05, 0) is 37.0 Å². The van der Waals surface area contributed by atoms with E-state index in [1.165, 1.54) is 5.56 Å². The van der Waals surface area contributed by atoms with Gasteiger partial charge in [0.2, 0.25) is 5.89 Å². The number of rotatable bonds is 10. The summed E-state index contributed by atoms with van der Waals surface area (Å²) in [6.45, 7) is 0. The predicted octanol–water partition coefficient (Wildman–Crippen LogP) is 5.26. The Bertz CT molecular complexity index is 855. The third-order valence-corrected chi connectivity index (χ3v) is 4.54. The number of ether oxygens (including phenoxy) is 1. The topological polar surface area (TPSA) is 52.3 Å². The number of benzene rings is 2. The number of unbranched alkanes of at least 4 members (excludes halogenated alkanes) is 2. The van der Waals surface area contributed by atoms with E-state index < -0.39 is 0 Å². The Labute approximate surface area is 160 Å². The average molecular weight is 363 g/mol. The van der Waals surface area contributed by atoms with Crippen molar-refractivity contribution in [2.24, 2.45) is 0 Å². The third-order valence-electron chi connectivity index (χ3n) is 4.54. The molecular weight excluding hydrogens is 338 g/mol. The van der Waals surface area contributed by atoms with Gasteiger partial charge in [0.25, 0.3) is 0 Å². The number of nitrogens with zero attached hydrogens (tertiary/aromatic N) is 1. The van der Waals surface area contributed by atoms with Gasteiger partial charge in [0.1, 0.15) is 11.5 Å². The quantitative estimate of drug-likeness (QED) is 0.461. The molecule has 0 saturated carbocycles. The zero-order valence-corrected chi connectivity index (χ0v) is 15.7. The zero-order valence-electron chi connectivity index (χ0n) is 15.7. The third kappa shape index (κ3) is 5.55. The largest absolute Gasteiger partial charge is 0.496 e. The van der Waals surface area contributed by atoms with Gasteiger partial charge in [-0.1, -0.05) is 48.9 Å². The zero-order chi connectivity index (χ0) is 18.9. The summed E-state index contributed by atoms with van der Waals surface area (Å²) in [6.07, 6.45) is 6.60. The van der Waals surface area contributed by atoms with Gasteiger partial charge in [0.05, 0.1) is 25.3 Å². The van der Waals surface area contributed by atoms with E-state index >= 15 is 0 Å². The van der Waals surface area contributed by atoms with Crippen molar-refractivity contribution < 1.29 is 13.9 Å². The minimum Gasteiger partial charge on any atom is -0.496 e. The van der Waals surface area contributed by atoms with E-state index in [-0.39, 0.29) is 12.2 Å². The van der Waals surface area contributed by atoms with Gasteiger partial charge >= 0.3 is 0 Å². The number of ketones is 1. The SMILES string of the molecule is COc1ccccc1-c1cnc(CC(=O)CCCCCc2ccccc2)o1. The number of hydrogen-bond donors (Lipinski definition) is 0. The summed E-state index contributed by atoms with van der Waals surface area (Å²) in [5.74, 6) is 1.98. The number of aromatic nitrogens is 1. The average Bonchev–Trinajstić information content (AvgIpc) is 3.16. The first kappa shape index (κ1) is 18.9. The van der Waals surface area contributed by atoms with Crippen molar-refractivity contribution in [2.75, 3.05) is 7.11 Å². The van der Waals surface area contributed by atoms with E-state index in [9.17, 15) is 4.79 Å². The molecule has 3 aromatic rings. The summed E-state index contributed by atoms with van der Waals surface area (Å²) >= 11 is 0. The predicted molar refractivity (Wildman–Crippen MR) is 106 cm³/mol. The molecule has 2 aromatic carbocycles. The van der Waals surface area contributed by atoms with Crippen LogP contribution >= 0.6 is 0 Å². The molecule has 0 fully saturated rings. The molecule has 0 atom stereocenters. The van der Waals surface area contributed by atoms with Crippen molar-refractivity contribution in [3.8, 4) is 17.1 Å². The van der Waals surface area contributed by atoms with E-state index in [2.05, 4.69) is 29.2 Å². The van der Waals surface area contributed by atoms with Gasteiger partial charge in [-0.2, -0.15) is 0 Å². The highest BCUT2D eigenvalue weighted by atomic mass is 16.5. The second-order valence-corrected chi connectivity index (χ2v) is 6.58.